The number of primary amides is 1. The summed E-state index contributed by atoms with van der Waals surface area (Å²) < 4.78 is 10.6. The Morgan fingerprint density at radius 3 is 2.50 bits per heavy atom. The first-order valence-corrected chi connectivity index (χ1v) is 7.53. The van der Waals surface area contributed by atoms with Crippen LogP contribution in [0.3, 0.4) is 0 Å². The second-order valence-electron chi connectivity index (χ2n) is 5.30. The summed E-state index contributed by atoms with van der Waals surface area (Å²) in [5.41, 5.74) is 8.71. The predicted octanol–water partition coefficient (Wildman–Crippen LogP) is 1.82. The molecule has 0 saturated heterocycles. The molecule has 0 fully saturated rings. The third-order valence-corrected chi connectivity index (χ3v) is 3.25. The summed E-state index contributed by atoms with van der Waals surface area (Å²) in [6.07, 6.45) is 2.21. The van der Waals surface area contributed by atoms with Crippen molar-refractivity contribution in [2.24, 2.45) is 10.8 Å². The third kappa shape index (κ3) is 4.69. The van der Waals surface area contributed by atoms with Gasteiger partial charge in [-0.3, -0.25) is 4.98 Å². The van der Waals surface area contributed by atoms with Gasteiger partial charge in [0.15, 0.2) is 5.75 Å². The van der Waals surface area contributed by atoms with Gasteiger partial charge in [-0.25, -0.2) is 15.0 Å². The average molecular weight is 357 g/mol. The van der Waals surface area contributed by atoms with Crippen molar-refractivity contribution in [3.63, 3.8) is 0 Å². The number of aromatic nitrogens is 1. The van der Waals surface area contributed by atoms with Gasteiger partial charge in [0.2, 0.25) is 0 Å². The molecule has 0 atom stereocenters. The molecule has 0 aliphatic rings. The summed E-state index contributed by atoms with van der Waals surface area (Å²) >= 11 is 0. The molecular weight excluding hydrogens is 338 g/mol. The van der Waals surface area contributed by atoms with Crippen LogP contribution in [0.5, 0.6) is 11.5 Å². The largest absolute Gasteiger partial charge is 0.497 e. The highest BCUT2D eigenvalue weighted by Gasteiger charge is 2.17. The molecule has 136 valence electrons. The number of urea groups is 1. The van der Waals surface area contributed by atoms with E-state index in [-0.39, 0.29) is 11.4 Å². The Hall–Kier alpha value is -3.62. The summed E-state index contributed by atoms with van der Waals surface area (Å²) in [5.74, 6) is 0.897. The number of benzene rings is 1. The maximum Gasteiger partial charge on any atom is 0.414 e. The monoisotopic (exact) mass is 357 g/mol. The van der Waals surface area contributed by atoms with E-state index in [1.54, 1.807) is 39.4 Å². The van der Waals surface area contributed by atoms with Gasteiger partial charge < -0.3 is 20.1 Å². The van der Waals surface area contributed by atoms with Gasteiger partial charge in [0.1, 0.15) is 11.4 Å². The van der Waals surface area contributed by atoms with Crippen molar-refractivity contribution in [2.45, 2.75) is 0 Å². The maximum absolute atomic E-state index is 12.1. The Morgan fingerprint density at radius 1 is 1.23 bits per heavy atom. The lowest BCUT2D eigenvalue weighted by atomic mass is 10.0. The predicted molar refractivity (Wildman–Crippen MR) is 96.2 cm³/mol. The van der Waals surface area contributed by atoms with Crippen molar-refractivity contribution in [1.82, 2.24) is 15.3 Å². The highest BCUT2D eigenvalue weighted by molar-refractivity contribution is 5.89. The molecule has 26 heavy (non-hydrogen) atoms. The molecule has 2 aromatic rings. The molecule has 0 bridgehead atoms. The molecule has 2 rings (SSSR count). The highest BCUT2D eigenvalue weighted by atomic mass is 16.6. The number of carbonyl (C=O) groups excluding carboxylic acids is 2. The molecule has 9 heteroatoms. The molecular formula is C17H19N5O4. The van der Waals surface area contributed by atoms with E-state index in [4.69, 9.17) is 15.2 Å². The number of nitrogens with zero attached hydrogens (tertiary/aromatic N) is 3. The zero-order valence-electron chi connectivity index (χ0n) is 14.6. The van der Waals surface area contributed by atoms with Crippen LogP contribution in [0.1, 0.15) is 5.69 Å². The van der Waals surface area contributed by atoms with Crippen molar-refractivity contribution in [2.75, 3.05) is 21.2 Å². The number of nitrogens with two attached hydrogens (primary N) is 1. The van der Waals surface area contributed by atoms with Crippen LogP contribution in [-0.2, 0) is 0 Å². The van der Waals surface area contributed by atoms with Crippen molar-refractivity contribution in [3.8, 4) is 22.6 Å². The number of hydrazone groups is 1. The quantitative estimate of drug-likeness (QED) is 0.625. The summed E-state index contributed by atoms with van der Waals surface area (Å²) in [6, 6.07) is 8.11. The lowest BCUT2D eigenvalue weighted by Crippen LogP contribution is -2.26. The molecule has 0 aliphatic heterocycles. The maximum atomic E-state index is 12.1. The SMILES string of the molecule is COc1ccc(-c2ccnc(C=NNC(N)=O)c2OC(=O)N(C)C)cc1. The third-order valence-electron chi connectivity index (χ3n) is 3.25. The van der Waals surface area contributed by atoms with Crippen LogP contribution in [-0.4, -0.2) is 49.4 Å². The molecule has 1 aromatic heterocycles. The van der Waals surface area contributed by atoms with Gasteiger partial charge in [0.05, 0.1) is 13.3 Å². The first-order valence-electron chi connectivity index (χ1n) is 7.53. The second kappa shape index (κ2) is 8.47. The Balaban J connectivity index is 2.49. The summed E-state index contributed by atoms with van der Waals surface area (Å²) in [7, 11) is 4.70. The Bertz CT molecular complexity index is 818. The molecule has 0 radical (unpaired) electrons. The average Bonchev–Trinajstić information content (AvgIpc) is 2.62. The van der Waals surface area contributed by atoms with Gasteiger partial charge >= 0.3 is 12.1 Å². The van der Waals surface area contributed by atoms with E-state index in [1.807, 2.05) is 12.1 Å². The van der Waals surface area contributed by atoms with Crippen molar-refractivity contribution < 1.29 is 19.1 Å². The molecule has 0 aliphatic carbocycles. The minimum atomic E-state index is -0.820. The van der Waals surface area contributed by atoms with E-state index >= 15 is 0 Å². The number of pyridine rings is 1. The van der Waals surface area contributed by atoms with Crippen LogP contribution in [0.4, 0.5) is 9.59 Å². The number of nitrogens with one attached hydrogen (secondary N) is 1. The molecule has 1 heterocycles. The van der Waals surface area contributed by atoms with Gasteiger partial charge in [-0.05, 0) is 23.8 Å². The second-order valence-corrected chi connectivity index (χ2v) is 5.30. The highest BCUT2D eigenvalue weighted by Crippen LogP contribution is 2.32. The fraction of sp³-hybridized carbons (Fsp3) is 0.176. The number of hydrogen-bond acceptors (Lipinski definition) is 6. The molecule has 1 aromatic carbocycles. The van der Waals surface area contributed by atoms with E-state index in [1.165, 1.54) is 17.3 Å². The Kier molecular flexibility index (Phi) is 6.10. The molecule has 3 N–H and O–H groups in total. The molecule has 3 amide bonds. The minimum absolute atomic E-state index is 0.200. The lowest BCUT2D eigenvalue weighted by molar-refractivity contribution is 0.172. The zero-order chi connectivity index (χ0) is 19.1. The first-order chi connectivity index (χ1) is 12.4. The van der Waals surface area contributed by atoms with Gasteiger partial charge in [0, 0.05) is 25.9 Å². The summed E-state index contributed by atoms with van der Waals surface area (Å²) in [6.45, 7) is 0. The number of amides is 3. The van der Waals surface area contributed by atoms with E-state index in [9.17, 15) is 9.59 Å². The zero-order valence-corrected chi connectivity index (χ0v) is 14.6. The molecule has 9 nitrogen and oxygen atoms in total. The van der Waals surface area contributed by atoms with Gasteiger partial charge in [-0.2, -0.15) is 5.10 Å². The normalized spacial score (nSPS) is 10.4. The van der Waals surface area contributed by atoms with Crippen LogP contribution in [0, 0.1) is 0 Å². The molecule has 0 unspecified atom stereocenters. The first kappa shape index (κ1) is 18.7. The van der Waals surface area contributed by atoms with E-state index in [0.29, 0.717) is 11.3 Å². The Labute approximate surface area is 150 Å². The minimum Gasteiger partial charge on any atom is -0.497 e. The van der Waals surface area contributed by atoms with E-state index < -0.39 is 12.1 Å². The van der Waals surface area contributed by atoms with E-state index in [0.717, 1.165) is 5.56 Å². The van der Waals surface area contributed by atoms with E-state index in [2.05, 4.69) is 15.5 Å². The van der Waals surface area contributed by atoms with Crippen LogP contribution >= 0.6 is 0 Å². The Morgan fingerprint density at radius 2 is 1.92 bits per heavy atom. The summed E-state index contributed by atoms with van der Waals surface area (Å²) in [5, 5.41) is 3.68. The van der Waals surface area contributed by atoms with Crippen molar-refractivity contribution in [1.29, 1.82) is 0 Å². The van der Waals surface area contributed by atoms with Crippen LogP contribution in [0.25, 0.3) is 11.1 Å². The number of hydrogen-bond donors (Lipinski definition) is 2. The number of ether oxygens (including phenoxy) is 2. The molecule has 0 spiro atoms. The standard InChI is InChI=1S/C17H19N5O4/c1-22(2)17(24)26-15-13(11-4-6-12(25-3)7-5-11)8-9-19-14(15)10-20-21-16(18)23/h4-10H,1-3H3,(H3,18,21,23). The number of methoxy groups -OCH3 is 1. The molecule has 0 saturated carbocycles. The van der Waals surface area contributed by atoms with Crippen LogP contribution in [0.2, 0.25) is 0 Å². The lowest BCUT2D eigenvalue weighted by Gasteiger charge is -2.15. The number of carbonyl (C=O) groups is 2. The summed E-state index contributed by atoms with van der Waals surface area (Å²) in [4.78, 5) is 28.2. The van der Waals surface area contributed by atoms with Gasteiger partial charge in [-0.1, -0.05) is 12.1 Å². The fourth-order valence-corrected chi connectivity index (χ4v) is 2.00. The topological polar surface area (TPSA) is 119 Å². The number of rotatable bonds is 5. The van der Waals surface area contributed by atoms with Gasteiger partial charge in [-0.15, -0.1) is 0 Å². The van der Waals surface area contributed by atoms with Crippen LogP contribution in [0.15, 0.2) is 41.6 Å². The smallest absolute Gasteiger partial charge is 0.414 e. The van der Waals surface area contributed by atoms with Crippen molar-refractivity contribution >= 4 is 18.3 Å². The van der Waals surface area contributed by atoms with Crippen molar-refractivity contribution in [3.05, 3.63) is 42.2 Å². The van der Waals surface area contributed by atoms with Crippen LogP contribution < -0.4 is 20.6 Å². The van der Waals surface area contributed by atoms with Gasteiger partial charge in [0.25, 0.3) is 0 Å². The fourth-order valence-electron chi connectivity index (χ4n) is 2.00.